The highest BCUT2D eigenvalue weighted by atomic mass is 32.1. The van der Waals surface area contributed by atoms with E-state index >= 15 is 0 Å². The van der Waals surface area contributed by atoms with Crippen LogP contribution in [0.5, 0.6) is 0 Å². The zero-order chi connectivity index (χ0) is 13.1. The number of hydrogen-bond acceptors (Lipinski definition) is 2. The van der Waals surface area contributed by atoms with Crippen LogP contribution in [0.15, 0.2) is 29.6 Å². The highest BCUT2D eigenvalue weighted by molar-refractivity contribution is 7.10. The number of hydrogen-bond donors (Lipinski definition) is 1. The lowest BCUT2D eigenvalue weighted by molar-refractivity contribution is 0.593. The second-order valence-electron chi connectivity index (χ2n) is 4.41. The highest BCUT2D eigenvalue weighted by Gasteiger charge is 2.12. The molecule has 0 aliphatic carbocycles. The first kappa shape index (κ1) is 13.2. The third kappa shape index (κ3) is 2.62. The van der Waals surface area contributed by atoms with Crippen molar-refractivity contribution < 1.29 is 4.39 Å². The predicted octanol–water partition coefficient (Wildman–Crippen LogP) is 4.53. The van der Waals surface area contributed by atoms with Crippen LogP contribution in [0.4, 0.5) is 4.39 Å². The molecule has 1 nitrogen and oxygen atoms in total. The summed E-state index contributed by atoms with van der Waals surface area (Å²) in [6.45, 7) is 7.11. The van der Waals surface area contributed by atoms with E-state index in [1.54, 1.807) is 17.4 Å². The average molecular weight is 263 g/mol. The third-order valence-electron chi connectivity index (χ3n) is 3.15. The lowest BCUT2D eigenvalue weighted by Crippen LogP contribution is -2.17. The van der Waals surface area contributed by atoms with Gasteiger partial charge in [0.2, 0.25) is 0 Å². The zero-order valence-corrected chi connectivity index (χ0v) is 11.8. The van der Waals surface area contributed by atoms with Crippen molar-refractivity contribution in [3.63, 3.8) is 0 Å². The Balaban J connectivity index is 2.42. The summed E-state index contributed by atoms with van der Waals surface area (Å²) in [6, 6.07) is 7.61. The number of nitrogens with one attached hydrogen (secondary N) is 1. The van der Waals surface area contributed by atoms with Crippen LogP contribution in [0.2, 0.25) is 0 Å². The minimum atomic E-state index is -0.149. The van der Waals surface area contributed by atoms with Gasteiger partial charge in [0, 0.05) is 16.5 Å². The van der Waals surface area contributed by atoms with Gasteiger partial charge in [0.1, 0.15) is 5.82 Å². The maximum atomic E-state index is 13.9. The topological polar surface area (TPSA) is 12.0 Å². The highest BCUT2D eigenvalue weighted by Crippen LogP contribution is 2.31. The minimum absolute atomic E-state index is 0.149. The van der Waals surface area contributed by atoms with Gasteiger partial charge in [0.25, 0.3) is 0 Å². The summed E-state index contributed by atoms with van der Waals surface area (Å²) in [7, 11) is 0. The molecule has 0 aliphatic rings. The van der Waals surface area contributed by atoms with Crippen LogP contribution >= 0.6 is 11.3 Å². The monoisotopic (exact) mass is 263 g/mol. The van der Waals surface area contributed by atoms with Crippen LogP contribution in [-0.4, -0.2) is 6.54 Å². The van der Waals surface area contributed by atoms with Crippen LogP contribution in [0.25, 0.3) is 11.1 Å². The van der Waals surface area contributed by atoms with E-state index in [0.29, 0.717) is 5.56 Å². The number of aryl methyl sites for hydroxylation is 1. The van der Waals surface area contributed by atoms with Gasteiger partial charge < -0.3 is 5.32 Å². The third-order valence-corrected chi connectivity index (χ3v) is 4.00. The lowest BCUT2D eigenvalue weighted by atomic mass is 10.00. The molecule has 1 heterocycles. The standard InChI is InChI=1S/C15H18FNS/c1-4-17-10(2)12-5-6-15(16)14(9-12)13-7-8-18-11(13)3/h5-10,17H,4H2,1-3H3. The zero-order valence-electron chi connectivity index (χ0n) is 11.0. The molecule has 0 fully saturated rings. The van der Waals surface area contributed by atoms with Crippen molar-refractivity contribution in [1.82, 2.24) is 5.32 Å². The summed E-state index contributed by atoms with van der Waals surface area (Å²) in [6.07, 6.45) is 0. The molecule has 1 aromatic carbocycles. The van der Waals surface area contributed by atoms with Gasteiger partial charge in [-0.15, -0.1) is 11.3 Å². The van der Waals surface area contributed by atoms with Gasteiger partial charge in [-0.05, 0) is 55.1 Å². The molecule has 1 atom stereocenters. The van der Waals surface area contributed by atoms with E-state index in [9.17, 15) is 4.39 Å². The van der Waals surface area contributed by atoms with E-state index in [-0.39, 0.29) is 11.9 Å². The molecule has 3 heteroatoms. The van der Waals surface area contributed by atoms with Crippen molar-refractivity contribution in [3.8, 4) is 11.1 Å². The normalized spacial score (nSPS) is 12.7. The molecule has 1 aromatic heterocycles. The molecule has 0 saturated carbocycles. The van der Waals surface area contributed by atoms with E-state index in [1.165, 1.54) is 0 Å². The van der Waals surface area contributed by atoms with E-state index in [0.717, 1.165) is 22.5 Å². The summed E-state index contributed by atoms with van der Waals surface area (Å²) >= 11 is 1.65. The fourth-order valence-electron chi connectivity index (χ4n) is 2.11. The molecule has 0 amide bonds. The van der Waals surface area contributed by atoms with Crippen LogP contribution in [0.1, 0.15) is 30.3 Å². The van der Waals surface area contributed by atoms with Gasteiger partial charge in [0.05, 0.1) is 0 Å². The first-order valence-corrected chi connectivity index (χ1v) is 7.08. The predicted molar refractivity (Wildman–Crippen MR) is 76.5 cm³/mol. The molecular formula is C15H18FNS. The summed E-state index contributed by atoms with van der Waals surface area (Å²) in [4.78, 5) is 1.15. The molecule has 0 bridgehead atoms. The molecule has 2 aromatic rings. The number of thiophene rings is 1. The van der Waals surface area contributed by atoms with Gasteiger partial charge in [-0.2, -0.15) is 0 Å². The number of rotatable bonds is 4. The molecule has 0 saturated heterocycles. The van der Waals surface area contributed by atoms with Crippen molar-refractivity contribution in [2.24, 2.45) is 0 Å². The van der Waals surface area contributed by atoms with Crippen molar-refractivity contribution in [3.05, 3.63) is 45.9 Å². The van der Waals surface area contributed by atoms with E-state index in [2.05, 4.69) is 19.2 Å². The van der Waals surface area contributed by atoms with Gasteiger partial charge in [-0.25, -0.2) is 4.39 Å². The lowest BCUT2D eigenvalue weighted by Gasteiger charge is -2.14. The van der Waals surface area contributed by atoms with Gasteiger partial charge in [-0.1, -0.05) is 13.0 Å². The van der Waals surface area contributed by atoms with Crippen LogP contribution in [0, 0.1) is 12.7 Å². The first-order chi connectivity index (χ1) is 8.63. The van der Waals surface area contributed by atoms with Gasteiger partial charge >= 0.3 is 0 Å². The Morgan fingerprint density at radius 3 is 2.67 bits per heavy atom. The Labute approximate surface area is 112 Å². The summed E-state index contributed by atoms with van der Waals surface area (Å²) in [5, 5.41) is 5.35. The molecular weight excluding hydrogens is 245 g/mol. The fraction of sp³-hybridized carbons (Fsp3) is 0.333. The average Bonchev–Trinajstić information content (AvgIpc) is 2.76. The second-order valence-corrected chi connectivity index (χ2v) is 5.53. The van der Waals surface area contributed by atoms with Crippen molar-refractivity contribution in [1.29, 1.82) is 0 Å². The van der Waals surface area contributed by atoms with E-state index in [4.69, 9.17) is 0 Å². The molecule has 0 radical (unpaired) electrons. The Bertz CT molecular complexity index is 533. The molecule has 2 rings (SSSR count). The first-order valence-electron chi connectivity index (χ1n) is 6.20. The van der Waals surface area contributed by atoms with Crippen LogP contribution < -0.4 is 5.32 Å². The van der Waals surface area contributed by atoms with Gasteiger partial charge in [0.15, 0.2) is 0 Å². The summed E-state index contributed by atoms with van der Waals surface area (Å²) in [5.74, 6) is -0.149. The Hall–Kier alpha value is -1.19. The largest absolute Gasteiger partial charge is 0.310 e. The Kier molecular flexibility index (Phi) is 4.15. The number of halogens is 1. The molecule has 0 aliphatic heterocycles. The van der Waals surface area contributed by atoms with Crippen LogP contribution in [0.3, 0.4) is 0 Å². The summed E-state index contributed by atoms with van der Waals surface area (Å²) < 4.78 is 13.9. The SMILES string of the molecule is CCNC(C)c1ccc(F)c(-c2ccsc2C)c1. The van der Waals surface area contributed by atoms with E-state index in [1.807, 2.05) is 30.5 Å². The Morgan fingerprint density at radius 2 is 2.06 bits per heavy atom. The second kappa shape index (κ2) is 5.63. The minimum Gasteiger partial charge on any atom is -0.310 e. The maximum absolute atomic E-state index is 13.9. The maximum Gasteiger partial charge on any atom is 0.131 e. The van der Waals surface area contributed by atoms with Crippen LogP contribution in [-0.2, 0) is 0 Å². The van der Waals surface area contributed by atoms with Gasteiger partial charge in [-0.3, -0.25) is 0 Å². The molecule has 0 spiro atoms. The van der Waals surface area contributed by atoms with Crippen molar-refractivity contribution in [2.75, 3.05) is 6.54 Å². The van der Waals surface area contributed by atoms with Crippen molar-refractivity contribution in [2.45, 2.75) is 26.8 Å². The molecule has 18 heavy (non-hydrogen) atoms. The molecule has 1 unspecified atom stereocenters. The number of benzene rings is 1. The quantitative estimate of drug-likeness (QED) is 0.854. The van der Waals surface area contributed by atoms with Crippen molar-refractivity contribution >= 4 is 11.3 Å². The molecule has 96 valence electrons. The van der Waals surface area contributed by atoms with E-state index < -0.39 is 0 Å². The molecule has 1 N–H and O–H groups in total. The smallest absolute Gasteiger partial charge is 0.131 e. The Morgan fingerprint density at radius 1 is 1.28 bits per heavy atom. The fourth-order valence-corrected chi connectivity index (χ4v) is 2.82. The summed E-state index contributed by atoms with van der Waals surface area (Å²) in [5.41, 5.74) is 2.83.